The van der Waals surface area contributed by atoms with Crippen LogP contribution >= 0.6 is 0 Å². The molecule has 1 N–H and O–H groups in total. The van der Waals surface area contributed by atoms with Crippen LogP contribution < -0.4 is 0 Å². The van der Waals surface area contributed by atoms with Gasteiger partial charge in [-0.3, -0.25) is 0 Å². The minimum Gasteiger partial charge on any atom is -0.456 e. The quantitative estimate of drug-likeness (QED) is 0.860. The summed E-state index contributed by atoms with van der Waals surface area (Å²) in [5.74, 6) is -0.178. The number of ether oxygens (including phenoxy) is 1. The van der Waals surface area contributed by atoms with Crippen molar-refractivity contribution in [3.05, 3.63) is 72.1 Å². The van der Waals surface area contributed by atoms with Crippen LogP contribution in [-0.2, 0) is 4.74 Å². The molecular formula is C22H27FN2O2. The molecule has 0 atom stereocenters. The number of amidine groups is 1. The summed E-state index contributed by atoms with van der Waals surface area (Å²) in [4.78, 5) is 6.73. The minimum atomic E-state index is -0.212. The van der Waals surface area contributed by atoms with Crippen molar-refractivity contribution in [2.24, 2.45) is 4.99 Å². The molecule has 1 fully saturated rings. The molecule has 0 bridgehead atoms. The van der Waals surface area contributed by atoms with Gasteiger partial charge >= 0.3 is 0 Å². The van der Waals surface area contributed by atoms with E-state index in [1.54, 1.807) is 18.2 Å². The highest BCUT2D eigenvalue weighted by Crippen LogP contribution is 2.40. The summed E-state index contributed by atoms with van der Waals surface area (Å²) in [5.41, 5.74) is 2.39. The van der Waals surface area contributed by atoms with Crippen LogP contribution in [0.25, 0.3) is 0 Å². The second-order valence-electron chi connectivity index (χ2n) is 7.17. The molecule has 1 aromatic rings. The number of hydrogen-bond donors (Lipinski definition) is 1. The molecule has 0 unspecified atom stereocenters. The molecule has 4 nitrogen and oxygen atoms in total. The molecule has 5 heteroatoms. The Morgan fingerprint density at radius 1 is 1.30 bits per heavy atom. The number of aliphatic hydroxyl groups is 1. The summed E-state index contributed by atoms with van der Waals surface area (Å²) >= 11 is 0. The maximum Gasteiger partial charge on any atom is 0.288 e. The molecule has 0 aromatic heterocycles. The molecule has 1 spiro atoms. The van der Waals surface area contributed by atoms with Gasteiger partial charge in [0.2, 0.25) is 0 Å². The van der Waals surface area contributed by atoms with Gasteiger partial charge in [0.25, 0.3) is 6.02 Å². The fourth-order valence-electron chi connectivity index (χ4n) is 3.61. The van der Waals surface area contributed by atoms with Gasteiger partial charge in [0.1, 0.15) is 11.4 Å². The number of nitrogens with zero attached hydrogens (tertiary/aromatic N) is 2. The van der Waals surface area contributed by atoms with Gasteiger partial charge in [-0.1, -0.05) is 43.0 Å². The van der Waals surface area contributed by atoms with E-state index in [-0.39, 0.29) is 17.5 Å². The average molecular weight is 370 g/mol. The predicted octanol–water partition coefficient (Wildman–Crippen LogP) is 3.86. The van der Waals surface area contributed by atoms with E-state index in [2.05, 4.69) is 28.6 Å². The Hall–Kier alpha value is -2.40. The lowest BCUT2D eigenvalue weighted by Crippen LogP contribution is -2.51. The highest BCUT2D eigenvalue weighted by atomic mass is 19.1. The monoisotopic (exact) mass is 370 g/mol. The van der Waals surface area contributed by atoms with Crippen LogP contribution in [0.2, 0.25) is 0 Å². The smallest absolute Gasteiger partial charge is 0.288 e. The van der Waals surface area contributed by atoms with Gasteiger partial charge < -0.3 is 14.7 Å². The van der Waals surface area contributed by atoms with Crippen LogP contribution in [-0.4, -0.2) is 47.4 Å². The Balaban J connectivity index is 0.000000253. The van der Waals surface area contributed by atoms with Gasteiger partial charge in [0.15, 0.2) is 0 Å². The van der Waals surface area contributed by atoms with Crippen LogP contribution in [0, 0.1) is 5.82 Å². The molecule has 0 saturated heterocycles. The average Bonchev–Trinajstić information content (AvgIpc) is 3.08. The molecule has 3 aliphatic rings. The molecule has 1 aliphatic carbocycles. The van der Waals surface area contributed by atoms with E-state index in [0.717, 1.165) is 25.5 Å². The van der Waals surface area contributed by atoms with Gasteiger partial charge in [-0.2, -0.15) is 0 Å². The fraction of sp³-hybridized carbons (Fsp3) is 0.409. The summed E-state index contributed by atoms with van der Waals surface area (Å²) in [7, 11) is 0. The van der Waals surface area contributed by atoms with Gasteiger partial charge in [0, 0.05) is 25.9 Å². The molecule has 0 radical (unpaired) electrons. The summed E-state index contributed by atoms with van der Waals surface area (Å²) in [6.07, 6.45) is 8.36. The molecular weight excluding hydrogens is 343 g/mol. The van der Waals surface area contributed by atoms with Gasteiger partial charge in [0.05, 0.1) is 12.6 Å². The van der Waals surface area contributed by atoms with Gasteiger partial charge in [-0.15, -0.1) is 0 Å². The minimum absolute atomic E-state index is 0.178. The van der Waals surface area contributed by atoms with Crippen molar-refractivity contribution in [2.45, 2.75) is 37.9 Å². The summed E-state index contributed by atoms with van der Waals surface area (Å²) in [6.45, 7) is 8.37. The third-order valence-corrected chi connectivity index (χ3v) is 5.07. The SMILES string of the molecule is C=CC1=C(/C=C\C)CCN(C2=NCC3(CC(O)C3)O2)C1.Fc1ccccc1. The number of aliphatic hydroxyl groups excluding tert-OH is 1. The van der Waals surface area contributed by atoms with Gasteiger partial charge in [-0.05, 0) is 36.6 Å². The van der Waals surface area contributed by atoms with Crippen LogP contribution in [0.15, 0.2) is 71.3 Å². The van der Waals surface area contributed by atoms with E-state index in [1.165, 1.54) is 23.3 Å². The number of halogens is 1. The van der Waals surface area contributed by atoms with Crippen molar-refractivity contribution in [3.63, 3.8) is 0 Å². The first-order valence-corrected chi connectivity index (χ1v) is 9.39. The number of benzene rings is 1. The van der Waals surface area contributed by atoms with Crippen molar-refractivity contribution < 1.29 is 14.2 Å². The van der Waals surface area contributed by atoms with Crippen molar-refractivity contribution >= 4 is 6.02 Å². The van der Waals surface area contributed by atoms with Crippen molar-refractivity contribution in [1.82, 2.24) is 4.90 Å². The van der Waals surface area contributed by atoms with E-state index in [9.17, 15) is 9.50 Å². The zero-order chi connectivity index (χ0) is 19.3. The van der Waals surface area contributed by atoms with E-state index < -0.39 is 0 Å². The molecule has 2 aliphatic heterocycles. The van der Waals surface area contributed by atoms with E-state index in [1.807, 2.05) is 13.0 Å². The molecule has 0 amide bonds. The lowest BCUT2D eigenvalue weighted by atomic mass is 9.78. The number of allylic oxidation sites excluding steroid dienone is 2. The highest BCUT2D eigenvalue weighted by molar-refractivity contribution is 5.77. The molecule has 144 valence electrons. The molecule has 1 aromatic carbocycles. The first-order chi connectivity index (χ1) is 13.0. The Kier molecular flexibility index (Phi) is 6.11. The van der Waals surface area contributed by atoms with Crippen molar-refractivity contribution in [2.75, 3.05) is 19.6 Å². The maximum absolute atomic E-state index is 11.9. The molecule has 4 rings (SSSR count). The number of hydrogen-bond acceptors (Lipinski definition) is 4. The predicted molar refractivity (Wildman–Crippen MR) is 106 cm³/mol. The Morgan fingerprint density at radius 2 is 2.04 bits per heavy atom. The van der Waals surface area contributed by atoms with Gasteiger partial charge in [-0.25, -0.2) is 9.38 Å². The first-order valence-electron chi connectivity index (χ1n) is 9.39. The van der Waals surface area contributed by atoms with E-state index >= 15 is 0 Å². The normalized spacial score (nSPS) is 27.0. The maximum atomic E-state index is 11.9. The standard InChI is InChI=1S/C16H22N2O2.C6H5F/c1-3-5-13-6-7-18(10-12(13)4-2)15-17-11-16(20-15)8-14(19)9-16;7-6-4-2-1-3-5-6/h3-5,14,19H,2,6-11H2,1H3;1-5H/b5-3-;. The fourth-order valence-corrected chi connectivity index (χ4v) is 3.61. The zero-order valence-electron chi connectivity index (χ0n) is 15.8. The molecule has 2 heterocycles. The van der Waals surface area contributed by atoms with E-state index in [4.69, 9.17) is 4.74 Å². The second kappa shape index (κ2) is 8.53. The summed E-state index contributed by atoms with van der Waals surface area (Å²) in [6, 6.07) is 8.68. The summed E-state index contributed by atoms with van der Waals surface area (Å²) < 4.78 is 17.9. The van der Waals surface area contributed by atoms with Crippen molar-refractivity contribution in [1.29, 1.82) is 0 Å². The number of rotatable bonds is 2. The van der Waals surface area contributed by atoms with E-state index in [0.29, 0.717) is 19.4 Å². The Morgan fingerprint density at radius 3 is 2.59 bits per heavy atom. The largest absolute Gasteiger partial charge is 0.456 e. The van der Waals surface area contributed by atoms with Crippen LogP contribution in [0.4, 0.5) is 4.39 Å². The summed E-state index contributed by atoms with van der Waals surface area (Å²) in [5, 5.41) is 9.47. The van der Waals surface area contributed by atoms with Crippen molar-refractivity contribution in [3.8, 4) is 0 Å². The zero-order valence-corrected chi connectivity index (χ0v) is 15.8. The van der Waals surface area contributed by atoms with Crippen LogP contribution in [0.5, 0.6) is 0 Å². The Bertz CT molecular complexity index is 749. The second-order valence-corrected chi connectivity index (χ2v) is 7.17. The lowest BCUT2D eigenvalue weighted by molar-refractivity contribution is -0.0898. The third-order valence-electron chi connectivity index (χ3n) is 5.07. The first kappa shape index (κ1) is 19.4. The number of aliphatic imine (C=N–C) groups is 1. The van der Waals surface area contributed by atoms with Crippen LogP contribution in [0.1, 0.15) is 26.2 Å². The topological polar surface area (TPSA) is 45.1 Å². The Labute approximate surface area is 160 Å². The molecule has 1 saturated carbocycles. The van der Waals surface area contributed by atoms with Crippen LogP contribution in [0.3, 0.4) is 0 Å². The lowest BCUT2D eigenvalue weighted by Gasteiger charge is -2.41. The highest BCUT2D eigenvalue weighted by Gasteiger charge is 2.50. The molecule has 27 heavy (non-hydrogen) atoms. The third kappa shape index (κ3) is 4.66.